The van der Waals surface area contributed by atoms with E-state index >= 15 is 0 Å². The molecule has 1 aliphatic heterocycles. The first-order valence-electron chi connectivity index (χ1n) is 17.6. The molecule has 0 saturated heterocycles. The standard InChI is InChI=1S/C47H39N3O/c48-46(38-27-25-36(26-28-38)43-20-10-16-35-13-7-8-19-42(35)43)51-47(49)40-18-9-17-39(29-40)45-31-41(30-44(50-45)37-14-5-2-6-15-37)34-23-21-33(22-24-34)32-11-3-1-4-12-32/h1-3,5-11,13-30,45,47-48H,4,12,31,49H2. The number of nitrogens with two attached hydrogens (primary N) is 1. The highest BCUT2D eigenvalue weighted by atomic mass is 16.5. The maximum absolute atomic E-state index is 8.75. The Morgan fingerprint density at radius 1 is 0.706 bits per heavy atom. The lowest BCUT2D eigenvalue weighted by Crippen LogP contribution is -2.19. The molecule has 3 N–H and O–H groups in total. The molecule has 6 aromatic carbocycles. The van der Waals surface area contributed by atoms with Gasteiger partial charge < -0.3 is 4.74 Å². The van der Waals surface area contributed by atoms with Gasteiger partial charge >= 0.3 is 0 Å². The molecule has 0 fully saturated rings. The van der Waals surface area contributed by atoms with Gasteiger partial charge in [0.25, 0.3) is 0 Å². The molecule has 2 atom stereocenters. The van der Waals surface area contributed by atoms with Crippen molar-refractivity contribution in [3.63, 3.8) is 0 Å². The average Bonchev–Trinajstić information content (AvgIpc) is 3.21. The lowest BCUT2D eigenvalue weighted by molar-refractivity contribution is 0.199. The molecule has 0 bridgehead atoms. The van der Waals surface area contributed by atoms with Gasteiger partial charge in [0.1, 0.15) is 0 Å². The van der Waals surface area contributed by atoms with Crippen molar-refractivity contribution in [2.75, 3.05) is 0 Å². The summed E-state index contributed by atoms with van der Waals surface area (Å²) < 4.78 is 6.03. The summed E-state index contributed by atoms with van der Waals surface area (Å²) in [6, 6.07) is 50.0. The predicted molar refractivity (Wildman–Crippen MR) is 212 cm³/mol. The van der Waals surface area contributed by atoms with Crippen LogP contribution in [0.25, 0.3) is 33.0 Å². The molecular formula is C47H39N3O. The maximum Gasteiger partial charge on any atom is 0.215 e. The third kappa shape index (κ3) is 7.00. The highest BCUT2D eigenvalue weighted by molar-refractivity contribution is 6.13. The zero-order valence-electron chi connectivity index (χ0n) is 28.4. The summed E-state index contributed by atoms with van der Waals surface area (Å²) in [6.45, 7) is 0. The van der Waals surface area contributed by atoms with Crippen LogP contribution in [0.15, 0.2) is 175 Å². The van der Waals surface area contributed by atoms with Gasteiger partial charge in [-0.3, -0.25) is 16.1 Å². The van der Waals surface area contributed by atoms with Crippen LogP contribution in [-0.2, 0) is 4.74 Å². The monoisotopic (exact) mass is 661 g/mol. The van der Waals surface area contributed by atoms with Crippen LogP contribution in [-0.4, -0.2) is 11.6 Å². The summed E-state index contributed by atoms with van der Waals surface area (Å²) in [5.74, 6) is 0.0353. The number of nitrogens with one attached hydrogen (secondary N) is 1. The molecule has 4 heteroatoms. The number of allylic oxidation sites excluding steroid dienone is 5. The van der Waals surface area contributed by atoms with Crippen molar-refractivity contribution in [2.45, 2.75) is 31.5 Å². The van der Waals surface area contributed by atoms with Gasteiger partial charge in [0.05, 0.1) is 11.8 Å². The second-order valence-electron chi connectivity index (χ2n) is 13.1. The number of dihydropyridines is 1. The van der Waals surface area contributed by atoms with E-state index < -0.39 is 6.23 Å². The molecule has 8 rings (SSSR count). The number of benzene rings is 6. The third-order valence-corrected chi connectivity index (χ3v) is 9.85. The van der Waals surface area contributed by atoms with E-state index in [0.717, 1.165) is 52.8 Å². The van der Waals surface area contributed by atoms with Crippen molar-refractivity contribution >= 4 is 33.5 Å². The Morgan fingerprint density at radius 3 is 2.20 bits per heavy atom. The zero-order chi connectivity index (χ0) is 34.6. The Labute approximate surface area is 299 Å². The van der Waals surface area contributed by atoms with Crippen molar-refractivity contribution in [3.05, 3.63) is 203 Å². The van der Waals surface area contributed by atoms with E-state index in [9.17, 15) is 0 Å². The number of hydrogen-bond acceptors (Lipinski definition) is 4. The molecule has 0 radical (unpaired) electrons. The van der Waals surface area contributed by atoms with Gasteiger partial charge in [-0.2, -0.15) is 0 Å². The molecule has 0 saturated carbocycles. The second kappa shape index (κ2) is 14.4. The number of ether oxygens (including phenoxy) is 1. The van der Waals surface area contributed by atoms with Gasteiger partial charge in [0.2, 0.25) is 5.90 Å². The lowest BCUT2D eigenvalue weighted by atomic mass is 9.88. The minimum Gasteiger partial charge on any atom is -0.454 e. The van der Waals surface area contributed by atoms with Crippen LogP contribution in [0.2, 0.25) is 0 Å². The first-order valence-corrected chi connectivity index (χ1v) is 17.6. The molecule has 4 nitrogen and oxygen atoms in total. The van der Waals surface area contributed by atoms with E-state index in [0.29, 0.717) is 5.56 Å². The van der Waals surface area contributed by atoms with Crippen LogP contribution in [0.4, 0.5) is 0 Å². The summed E-state index contributed by atoms with van der Waals surface area (Å²) in [6.07, 6.45) is 11.0. The van der Waals surface area contributed by atoms with Crippen molar-refractivity contribution < 1.29 is 4.74 Å². The lowest BCUT2D eigenvalue weighted by Gasteiger charge is -2.24. The van der Waals surface area contributed by atoms with Gasteiger partial charge in [-0.05, 0) is 98.8 Å². The molecule has 2 aliphatic rings. The number of aliphatic imine (C=N–C) groups is 1. The summed E-state index contributed by atoms with van der Waals surface area (Å²) >= 11 is 0. The molecular weight excluding hydrogens is 623 g/mol. The Balaban J connectivity index is 1.01. The van der Waals surface area contributed by atoms with E-state index in [-0.39, 0.29) is 11.9 Å². The predicted octanol–water partition coefficient (Wildman–Crippen LogP) is 11.3. The average molecular weight is 662 g/mol. The summed E-state index contributed by atoms with van der Waals surface area (Å²) in [7, 11) is 0. The topological polar surface area (TPSA) is 71.5 Å². The minimum absolute atomic E-state index is 0.0353. The van der Waals surface area contributed by atoms with Crippen molar-refractivity contribution in [1.29, 1.82) is 5.41 Å². The van der Waals surface area contributed by atoms with E-state index in [4.69, 9.17) is 20.9 Å². The van der Waals surface area contributed by atoms with Crippen molar-refractivity contribution in [1.82, 2.24) is 0 Å². The number of nitrogens with zero attached hydrogens (tertiary/aromatic N) is 1. The molecule has 0 amide bonds. The normalized spacial score (nSPS) is 16.2. The molecule has 0 aromatic heterocycles. The molecule has 1 heterocycles. The van der Waals surface area contributed by atoms with E-state index in [2.05, 4.69) is 127 Å². The largest absolute Gasteiger partial charge is 0.454 e. The number of hydrogen-bond donors (Lipinski definition) is 2. The van der Waals surface area contributed by atoms with Crippen LogP contribution in [0.5, 0.6) is 0 Å². The van der Waals surface area contributed by atoms with Crippen molar-refractivity contribution in [2.24, 2.45) is 10.7 Å². The molecule has 1 aliphatic carbocycles. The Morgan fingerprint density at radius 2 is 1.41 bits per heavy atom. The van der Waals surface area contributed by atoms with Crippen LogP contribution >= 0.6 is 0 Å². The quantitative estimate of drug-likeness (QED) is 0.0968. The van der Waals surface area contributed by atoms with Crippen LogP contribution < -0.4 is 5.73 Å². The van der Waals surface area contributed by atoms with E-state index in [1.165, 1.54) is 33.0 Å². The fourth-order valence-corrected chi connectivity index (χ4v) is 7.07. The minimum atomic E-state index is -0.803. The molecule has 248 valence electrons. The molecule has 0 spiro atoms. The third-order valence-electron chi connectivity index (χ3n) is 9.85. The Hall–Kier alpha value is -6.10. The number of rotatable bonds is 8. The summed E-state index contributed by atoms with van der Waals surface area (Å²) in [5, 5.41) is 11.1. The fraction of sp³-hybridized carbons (Fsp3) is 0.106. The summed E-state index contributed by atoms with van der Waals surface area (Å²) in [4.78, 5) is 5.25. The van der Waals surface area contributed by atoms with Crippen LogP contribution in [0, 0.1) is 5.41 Å². The van der Waals surface area contributed by atoms with Gasteiger partial charge in [0, 0.05) is 11.1 Å². The number of fused-ring (bicyclic) bond motifs is 1. The van der Waals surface area contributed by atoms with E-state index in [1.807, 2.05) is 42.5 Å². The van der Waals surface area contributed by atoms with Gasteiger partial charge in [-0.25, -0.2) is 0 Å². The van der Waals surface area contributed by atoms with Crippen LogP contribution in [0.1, 0.15) is 64.9 Å². The Bertz CT molecular complexity index is 2330. The van der Waals surface area contributed by atoms with Gasteiger partial charge in [0.15, 0.2) is 6.23 Å². The fourth-order valence-electron chi connectivity index (χ4n) is 7.07. The highest BCUT2D eigenvalue weighted by Gasteiger charge is 2.22. The smallest absolute Gasteiger partial charge is 0.215 e. The zero-order valence-corrected chi connectivity index (χ0v) is 28.4. The molecule has 6 aromatic rings. The van der Waals surface area contributed by atoms with Gasteiger partial charge in [-0.15, -0.1) is 0 Å². The second-order valence-corrected chi connectivity index (χ2v) is 13.1. The van der Waals surface area contributed by atoms with Gasteiger partial charge in [-0.1, -0.05) is 146 Å². The molecule has 2 unspecified atom stereocenters. The van der Waals surface area contributed by atoms with Crippen LogP contribution in [0.3, 0.4) is 0 Å². The summed E-state index contributed by atoms with van der Waals surface area (Å²) in [5.41, 5.74) is 18.6. The first kappa shape index (κ1) is 32.1. The van der Waals surface area contributed by atoms with Crippen molar-refractivity contribution in [3.8, 4) is 11.1 Å². The SMILES string of the molecule is N=C(OC(N)c1cccc(C2CC(c3ccc(C4=CC=CCC4)cc3)=CC(c3ccccc3)=N2)c1)c1ccc(-c2cccc3ccccc23)cc1. The Kier molecular flexibility index (Phi) is 9.07. The van der Waals surface area contributed by atoms with E-state index in [1.54, 1.807) is 0 Å². The highest BCUT2D eigenvalue weighted by Crippen LogP contribution is 2.37. The molecule has 51 heavy (non-hydrogen) atoms. The maximum atomic E-state index is 8.75. The first-order chi connectivity index (χ1) is 25.1.